The van der Waals surface area contributed by atoms with E-state index in [4.69, 9.17) is 0 Å². The van der Waals surface area contributed by atoms with Crippen LogP contribution >= 0.6 is 0 Å². The fourth-order valence-electron chi connectivity index (χ4n) is 9.05. The summed E-state index contributed by atoms with van der Waals surface area (Å²) in [5.74, 6) is 0.719. The Hall–Kier alpha value is -3.69. The van der Waals surface area contributed by atoms with E-state index in [1.165, 1.54) is 5.56 Å². The maximum atomic E-state index is 16.1. The van der Waals surface area contributed by atoms with E-state index < -0.39 is 17.7 Å². The number of carbonyl (C=O) groups is 1. The highest BCUT2D eigenvalue weighted by molar-refractivity contribution is 5.94. The number of nitrogens with zero attached hydrogens (tertiary/aromatic N) is 2. The third-order valence-corrected chi connectivity index (χ3v) is 11.3. The lowest BCUT2D eigenvalue weighted by atomic mass is 9.51. The normalized spacial score (nSPS) is 28.4. The van der Waals surface area contributed by atoms with Gasteiger partial charge in [0.1, 0.15) is 11.9 Å². The third-order valence-electron chi connectivity index (χ3n) is 11.3. The molecule has 0 aromatic heterocycles. The van der Waals surface area contributed by atoms with Gasteiger partial charge >= 0.3 is 0 Å². The van der Waals surface area contributed by atoms with Gasteiger partial charge in [-0.15, -0.1) is 0 Å². The number of alkyl halides is 1. The Morgan fingerprint density at radius 3 is 2.53 bits per heavy atom. The van der Waals surface area contributed by atoms with Gasteiger partial charge in [0.05, 0.1) is 17.7 Å². The molecule has 6 unspecified atom stereocenters. The van der Waals surface area contributed by atoms with E-state index in [-0.39, 0.29) is 35.3 Å². The number of phenolic OH excluding ortho intramolecular Hbond substituents is 1. The van der Waals surface area contributed by atoms with Crippen molar-refractivity contribution in [2.45, 2.75) is 82.9 Å². The molecule has 3 aromatic rings. The first-order chi connectivity index (χ1) is 21.8. The fourth-order valence-corrected chi connectivity index (χ4v) is 9.05. The summed E-state index contributed by atoms with van der Waals surface area (Å²) in [6.45, 7) is 3.39. The maximum absolute atomic E-state index is 16.1. The zero-order valence-electron chi connectivity index (χ0n) is 26.2. The molecule has 3 aliphatic rings. The van der Waals surface area contributed by atoms with Crippen molar-refractivity contribution >= 4 is 5.91 Å². The van der Waals surface area contributed by atoms with Gasteiger partial charge in [-0.3, -0.25) is 4.79 Å². The van der Waals surface area contributed by atoms with E-state index in [1.54, 1.807) is 30.3 Å². The number of aromatic hydroxyl groups is 1. The molecule has 45 heavy (non-hydrogen) atoms. The number of fused-ring (bicyclic) bond motifs is 5. The molecule has 2 saturated carbocycles. The van der Waals surface area contributed by atoms with Gasteiger partial charge < -0.3 is 15.1 Å². The van der Waals surface area contributed by atoms with Crippen molar-refractivity contribution in [3.05, 3.63) is 101 Å². The summed E-state index contributed by atoms with van der Waals surface area (Å²) in [5, 5.41) is 30.4. The number of aliphatic hydroxyl groups is 1. The predicted molar refractivity (Wildman–Crippen MR) is 174 cm³/mol. The molecule has 2 fully saturated rings. The predicted octanol–water partition coefficient (Wildman–Crippen LogP) is 7.60. The molecular weight excluding hydrogens is 563 g/mol. The van der Waals surface area contributed by atoms with Crippen LogP contribution in [0, 0.1) is 34.5 Å². The number of phenols is 1. The molecule has 7 atom stereocenters. The van der Waals surface area contributed by atoms with Crippen LogP contribution in [0.4, 0.5) is 4.39 Å². The third kappa shape index (κ3) is 6.38. The number of amides is 1. The zero-order chi connectivity index (χ0) is 31.6. The van der Waals surface area contributed by atoms with E-state index in [2.05, 4.69) is 25.1 Å². The molecule has 6 heteroatoms. The monoisotopic (exact) mass is 608 g/mol. The molecule has 0 saturated heterocycles. The standard InChI is InChI=1S/C39H45FN2O3/c1-39-24-34(40)37-32-17-16-31(43)23-30(32)22-29(36(37)33(39)18-19-35(39)44)11-5-6-20-42(21-7-10-26-8-3-2-4-9-26)38(45)28-14-12-27(25-41)13-15-28/h2-4,8-9,12-17,23,29,33-37,43-44H,5-7,10-11,18-22,24H2,1H3/t29?,33?,34?,35?,36?,37?,39-/m0/s1. The number of aryl methyl sites for hydroxylation is 1. The first kappa shape index (κ1) is 31.3. The summed E-state index contributed by atoms with van der Waals surface area (Å²) in [5.41, 5.74) is 4.09. The second kappa shape index (κ2) is 13.3. The van der Waals surface area contributed by atoms with Gasteiger partial charge in [0, 0.05) is 24.6 Å². The molecule has 2 N–H and O–H groups in total. The topological polar surface area (TPSA) is 84.6 Å². The lowest BCUT2D eigenvalue weighted by Gasteiger charge is -2.54. The Labute approximate surface area is 266 Å². The van der Waals surface area contributed by atoms with E-state index in [9.17, 15) is 20.3 Å². The van der Waals surface area contributed by atoms with Crippen LogP contribution < -0.4 is 0 Å². The Morgan fingerprint density at radius 2 is 1.78 bits per heavy atom. The van der Waals surface area contributed by atoms with Gasteiger partial charge in [-0.2, -0.15) is 5.26 Å². The van der Waals surface area contributed by atoms with Crippen LogP contribution in [0.3, 0.4) is 0 Å². The molecule has 6 rings (SSSR count). The molecule has 0 radical (unpaired) electrons. The van der Waals surface area contributed by atoms with Crippen molar-refractivity contribution < 1.29 is 19.4 Å². The van der Waals surface area contributed by atoms with Crippen molar-refractivity contribution in [3.8, 4) is 11.8 Å². The highest BCUT2D eigenvalue weighted by Crippen LogP contribution is 2.63. The lowest BCUT2D eigenvalue weighted by Crippen LogP contribution is -2.51. The minimum Gasteiger partial charge on any atom is -0.508 e. The molecule has 0 spiro atoms. The molecule has 0 heterocycles. The Bertz CT molecular complexity index is 1520. The quantitative estimate of drug-likeness (QED) is 0.232. The molecular formula is C39H45FN2O3. The summed E-state index contributed by atoms with van der Waals surface area (Å²) < 4.78 is 16.1. The molecule has 0 bridgehead atoms. The second-order valence-electron chi connectivity index (χ2n) is 13.9. The highest BCUT2D eigenvalue weighted by atomic mass is 19.1. The maximum Gasteiger partial charge on any atom is 0.253 e. The largest absolute Gasteiger partial charge is 0.508 e. The van der Waals surface area contributed by atoms with Crippen LogP contribution in [-0.2, 0) is 12.8 Å². The Morgan fingerprint density at radius 1 is 1.02 bits per heavy atom. The van der Waals surface area contributed by atoms with Crippen LogP contribution in [0.1, 0.15) is 90.4 Å². The van der Waals surface area contributed by atoms with Gasteiger partial charge in [0.15, 0.2) is 0 Å². The molecule has 0 aliphatic heterocycles. The van der Waals surface area contributed by atoms with Crippen molar-refractivity contribution in [3.63, 3.8) is 0 Å². The van der Waals surface area contributed by atoms with Gasteiger partial charge in [-0.05, 0) is 128 Å². The number of halogens is 1. The smallest absolute Gasteiger partial charge is 0.253 e. The number of hydrogen-bond acceptors (Lipinski definition) is 4. The Balaban J connectivity index is 1.16. The number of unbranched alkanes of at least 4 members (excludes halogenated alkanes) is 1. The van der Waals surface area contributed by atoms with E-state index in [0.29, 0.717) is 30.6 Å². The van der Waals surface area contributed by atoms with Crippen LogP contribution in [-0.4, -0.2) is 46.4 Å². The fraction of sp³-hybridized carbons (Fsp3) is 0.487. The summed E-state index contributed by atoms with van der Waals surface area (Å²) in [6.07, 6.45) is 5.85. The number of nitriles is 1. The molecule has 3 aliphatic carbocycles. The van der Waals surface area contributed by atoms with E-state index in [0.717, 1.165) is 62.5 Å². The SMILES string of the molecule is C[C@]12CC(F)C3c4ccc(O)cc4CC(CCCCN(CCCc4ccccc4)C(=O)c4ccc(C#N)cc4)C3C1CCC2O. The van der Waals surface area contributed by atoms with Crippen molar-refractivity contribution in [1.29, 1.82) is 5.26 Å². The number of carbonyl (C=O) groups excluding carboxylic acids is 1. The van der Waals surface area contributed by atoms with Crippen molar-refractivity contribution in [2.75, 3.05) is 13.1 Å². The lowest BCUT2D eigenvalue weighted by molar-refractivity contribution is -0.0722. The van der Waals surface area contributed by atoms with Gasteiger partial charge in [0.2, 0.25) is 0 Å². The van der Waals surface area contributed by atoms with Crippen LogP contribution in [0.25, 0.3) is 0 Å². The van der Waals surface area contributed by atoms with Crippen LogP contribution in [0.2, 0.25) is 0 Å². The van der Waals surface area contributed by atoms with E-state index in [1.807, 2.05) is 35.2 Å². The van der Waals surface area contributed by atoms with Gasteiger partial charge in [-0.25, -0.2) is 4.39 Å². The zero-order valence-corrected chi connectivity index (χ0v) is 26.2. The van der Waals surface area contributed by atoms with Crippen LogP contribution in [0.15, 0.2) is 72.8 Å². The number of rotatable bonds is 10. The summed E-state index contributed by atoms with van der Waals surface area (Å²) in [4.78, 5) is 15.6. The van der Waals surface area contributed by atoms with Crippen LogP contribution in [0.5, 0.6) is 5.75 Å². The second-order valence-corrected chi connectivity index (χ2v) is 13.9. The summed E-state index contributed by atoms with van der Waals surface area (Å²) in [7, 11) is 0. The number of benzene rings is 3. The molecule has 236 valence electrons. The summed E-state index contributed by atoms with van der Waals surface area (Å²) in [6, 6.07) is 24.8. The average molecular weight is 609 g/mol. The minimum atomic E-state index is -1.01. The number of hydrogen-bond donors (Lipinski definition) is 2. The van der Waals surface area contributed by atoms with Crippen molar-refractivity contribution in [2.24, 2.45) is 23.2 Å². The first-order valence-electron chi connectivity index (χ1n) is 16.8. The molecule has 1 amide bonds. The summed E-state index contributed by atoms with van der Waals surface area (Å²) >= 11 is 0. The first-order valence-corrected chi connectivity index (χ1v) is 16.8. The Kier molecular flexibility index (Phi) is 9.28. The van der Waals surface area contributed by atoms with Gasteiger partial charge in [-0.1, -0.05) is 49.7 Å². The van der Waals surface area contributed by atoms with Crippen molar-refractivity contribution in [1.82, 2.24) is 4.90 Å². The average Bonchev–Trinajstić information content (AvgIpc) is 3.34. The molecule has 3 aromatic carbocycles. The highest BCUT2D eigenvalue weighted by Gasteiger charge is 2.59. The number of aliphatic hydroxyl groups excluding tert-OH is 1. The minimum absolute atomic E-state index is 0.0158. The van der Waals surface area contributed by atoms with E-state index >= 15 is 4.39 Å². The van der Waals surface area contributed by atoms with Gasteiger partial charge in [0.25, 0.3) is 5.91 Å². The molecule has 5 nitrogen and oxygen atoms in total.